The Bertz CT molecular complexity index is 1160. The van der Waals surface area contributed by atoms with Gasteiger partial charge in [0.2, 0.25) is 0 Å². The second-order valence-corrected chi connectivity index (χ2v) is 13.7. The smallest absolute Gasteiger partial charge is 0.163 e. The fraction of sp³-hybridized carbons (Fsp3) is 0.613. The Kier molecular flexibility index (Phi) is 9.52. The Morgan fingerprint density at radius 2 is 1.65 bits per heavy atom. The molecule has 1 atom stereocenters. The molecule has 0 bridgehead atoms. The number of hydrogen-bond acceptors (Lipinski definition) is 5. The number of benzene rings is 2. The van der Waals surface area contributed by atoms with Gasteiger partial charge in [-0.1, -0.05) is 58.0 Å². The van der Waals surface area contributed by atoms with Crippen LogP contribution in [0.25, 0.3) is 0 Å². The zero-order chi connectivity index (χ0) is 27.4. The van der Waals surface area contributed by atoms with Gasteiger partial charge in [-0.25, -0.2) is 8.42 Å². The lowest BCUT2D eigenvalue weighted by atomic mass is 9.70. The van der Waals surface area contributed by atoms with Crippen molar-refractivity contribution in [3.05, 3.63) is 64.2 Å². The van der Waals surface area contributed by atoms with Crippen molar-refractivity contribution in [2.24, 2.45) is 5.92 Å². The number of aryl methyl sites for hydroxylation is 3. The minimum Gasteiger partial charge on any atom is -0.491 e. The monoisotopic (exact) mass is 530 g/mol. The maximum absolute atomic E-state index is 12.4. The van der Waals surface area contributed by atoms with Crippen LogP contribution >= 0.6 is 0 Å². The van der Waals surface area contributed by atoms with Crippen molar-refractivity contribution in [3.63, 3.8) is 0 Å². The van der Waals surface area contributed by atoms with Gasteiger partial charge in [-0.15, -0.1) is 0 Å². The molecule has 0 unspecified atom stereocenters. The van der Waals surface area contributed by atoms with Crippen LogP contribution in [0.2, 0.25) is 0 Å². The highest BCUT2D eigenvalue weighted by atomic mass is 32.2. The molecule has 1 aliphatic heterocycles. The molecule has 0 amide bonds. The molecule has 0 radical (unpaired) electrons. The van der Waals surface area contributed by atoms with Crippen molar-refractivity contribution in [2.75, 3.05) is 24.7 Å². The van der Waals surface area contributed by atoms with Crippen LogP contribution in [-0.4, -0.2) is 45.0 Å². The van der Waals surface area contributed by atoms with E-state index in [-0.39, 0.29) is 28.9 Å². The van der Waals surface area contributed by atoms with Gasteiger partial charge in [0.1, 0.15) is 18.5 Å². The lowest BCUT2D eigenvalue weighted by molar-refractivity contribution is -0.141. The van der Waals surface area contributed by atoms with Gasteiger partial charge in [0.15, 0.2) is 15.6 Å². The highest BCUT2D eigenvalue weighted by Gasteiger charge is 2.34. The number of rotatable bonds is 12. The summed E-state index contributed by atoms with van der Waals surface area (Å²) >= 11 is 0. The third-order valence-electron chi connectivity index (χ3n) is 7.59. The molecule has 37 heavy (non-hydrogen) atoms. The van der Waals surface area contributed by atoms with Crippen molar-refractivity contribution in [2.45, 2.75) is 92.0 Å². The molecule has 206 valence electrons. The molecule has 2 aromatic rings. The molecule has 0 spiro atoms. The van der Waals surface area contributed by atoms with Crippen molar-refractivity contribution in [1.82, 2.24) is 0 Å². The first kappa shape index (κ1) is 29.7. The minimum absolute atomic E-state index is 0.0682. The average Bonchev–Trinajstić information content (AvgIpc) is 3.16. The molecule has 5 nitrogen and oxygen atoms in total. The summed E-state index contributed by atoms with van der Waals surface area (Å²) in [4.78, 5) is 0. The van der Waals surface area contributed by atoms with E-state index in [1.807, 2.05) is 27.7 Å². The quantitative estimate of drug-likeness (QED) is 0.311. The maximum Gasteiger partial charge on any atom is 0.163 e. The van der Waals surface area contributed by atoms with E-state index in [0.29, 0.717) is 19.6 Å². The van der Waals surface area contributed by atoms with Crippen LogP contribution < -0.4 is 4.74 Å². The van der Waals surface area contributed by atoms with Crippen LogP contribution in [0.1, 0.15) is 82.2 Å². The number of hydrogen-bond donors (Lipinski definition) is 0. The molecule has 6 heteroatoms. The number of ether oxygens (including phenoxy) is 3. The van der Waals surface area contributed by atoms with Crippen LogP contribution in [0.3, 0.4) is 0 Å². The fourth-order valence-corrected chi connectivity index (χ4v) is 7.21. The van der Waals surface area contributed by atoms with Crippen LogP contribution in [0.5, 0.6) is 5.75 Å². The molecule has 1 aliphatic rings. The maximum atomic E-state index is 12.4. The Balaban J connectivity index is 1.79. The molecule has 1 saturated heterocycles. The Morgan fingerprint density at radius 1 is 1.03 bits per heavy atom. The highest BCUT2D eigenvalue weighted by Crippen LogP contribution is 2.41. The Labute approximate surface area is 224 Å². The van der Waals surface area contributed by atoms with Gasteiger partial charge in [-0.05, 0) is 86.8 Å². The van der Waals surface area contributed by atoms with Gasteiger partial charge < -0.3 is 14.2 Å². The topological polar surface area (TPSA) is 61.8 Å². The van der Waals surface area contributed by atoms with Crippen molar-refractivity contribution in [3.8, 4) is 5.75 Å². The predicted molar refractivity (Wildman–Crippen MR) is 151 cm³/mol. The summed E-state index contributed by atoms with van der Waals surface area (Å²) in [6.07, 6.45) is 2.42. The standard InChI is InChI=1S/C31H46O5S/c1-9-31(10-2,26-12-11-25(23(5)17-26)15-16-37(32,33)21-22(3)4)27-13-14-29(24(6)18-27)34-19-28-20-35-30(7,8)36-28/h11-14,17-18,22,28H,9-10,15-16,19-21H2,1-8H3/t28-/m1/s1. The molecular weight excluding hydrogens is 484 g/mol. The van der Waals surface area contributed by atoms with E-state index in [1.165, 1.54) is 11.1 Å². The van der Waals surface area contributed by atoms with Crippen LogP contribution in [0, 0.1) is 19.8 Å². The van der Waals surface area contributed by atoms with Gasteiger partial charge in [0.05, 0.1) is 18.1 Å². The van der Waals surface area contributed by atoms with Crippen molar-refractivity contribution >= 4 is 9.84 Å². The zero-order valence-electron chi connectivity index (χ0n) is 24.0. The molecule has 1 heterocycles. The SMILES string of the molecule is CCC(CC)(c1ccc(CCS(=O)(=O)CC(C)C)c(C)c1)c1ccc(OC[C@@H]2COC(C)(C)O2)c(C)c1. The van der Waals surface area contributed by atoms with Gasteiger partial charge >= 0.3 is 0 Å². The molecule has 1 fully saturated rings. The van der Waals surface area contributed by atoms with Gasteiger partial charge in [-0.3, -0.25) is 0 Å². The second-order valence-electron chi connectivity index (χ2n) is 11.4. The van der Waals surface area contributed by atoms with E-state index >= 15 is 0 Å². The Morgan fingerprint density at radius 3 is 2.16 bits per heavy atom. The number of sulfone groups is 1. The molecule has 3 rings (SSSR count). The highest BCUT2D eigenvalue weighted by molar-refractivity contribution is 7.91. The van der Waals surface area contributed by atoms with Gasteiger partial charge in [0.25, 0.3) is 0 Å². The first-order valence-electron chi connectivity index (χ1n) is 13.7. The van der Waals surface area contributed by atoms with E-state index in [2.05, 4.69) is 64.1 Å². The van der Waals surface area contributed by atoms with E-state index in [0.717, 1.165) is 35.3 Å². The molecule has 0 aliphatic carbocycles. The molecule has 0 aromatic heterocycles. The summed E-state index contributed by atoms with van der Waals surface area (Å²) in [6, 6.07) is 13.1. The second kappa shape index (κ2) is 11.9. The normalized spacial score (nSPS) is 17.9. The van der Waals surface area contributed by atoms with E-state index in [4.69, 9.17) is 14.2 Å². The minimum atomic E-state index is -3.04. The summed E-state index contributed by atoms with van der Waals surface area (Å²) in [5.74, 6) is 0.921. The van der Waals surface area contributed by atoms with E-state index in [9.17, 15) is 8.42 Å². The first-order valence-corrected chi connectivity index (χ1v) is 15.5. The average molecular weight is 531 g/mol. The lowest BCUT2D eigenvalue weighted by Gasteiger charge is -2.34. The summed E-state index contributed by atoms with van der Waals surface area (Å²) in [5, 5.41) is 0. The summed E-state index contributed by atoms with van der Waals surface area (Å²) in [7, 11) is -3.04. The summed E-state index contributed by atoms with van der Waals surface area (Å²) in [5.41, 5.74) is 5.79. The molecule has 0 saturated carbocycles. The molecule has 2 aromatic carbocycles. The van der Waals surface area contributed by atoms with E-state index in [1.54, 1.807) is 0 Å². The van der Waals surface area contributed by atoms with Gasteiger partial charge in [0, 0.05) is 5.41 Å². The van der Waals surface area contributed by atoms with Crippen LogP contribution in [0.15, 0.2) is 36.4 Å². The third kappa shape index (κ3) is 7.36. The Hall–Kier alpha value is -1.89. The van der Waals surface area contributed by atoms with Crippen molar-refractivity contribution < 1.29 is 22.6 Å². The predicted octanol–water partition coefficient (Wildman–Crippen LogP) is 6.55. The molecule has 0 N–H and O–H groups in total. The summed E-state index contributed by atoms with van der Waals surface area (Å²) in [6.45, 7) is 17.4. The summed E-state index contributed by atoms with van der Waals surface area (Å²) < 4.78 is 42.5. The largest absolute Gasteiger partial charge is 0.491 e. The first-order chi connectivity index (χ1) is 17.3. The fourth-order valence-electron chi connectivity index (χ4n) is 5.50. The van der Waals surface area contributed by atoms with Crippen molar-refractivity contribution in [1.29, 1.82) is 0 Å². The molecular formula is C31H46O5S. The van der Waals surface area contributed by atoms with Gasteiger partial charge in [-0.2, -0.15) is 0 Å². The lowest BCUT2D eigenvalue weighted by Crippen LogP contribution is -2.27. The third-order valence-corrected chi connectivity index (χ3v) is 9.59. The van der Waals surface area contributed by atoms with Crippen LogP contribution in [0.4, 0.5) is 0 Å². The zero-order valence-corrected chi connectivity index (χ0v) is 24.8. The van der Waals surface area contributed by atoms with Crippen LogP contribution in [-0.2, 0) is 31.1 Å². The van der Waals surface area contributed by atoms with E-state index < -0.39 is 15.6 Å².